The predicted molar refractivity (Wildman–Crippen MR) is 122 cm³/mol. The summed E-state index contributed by atoms with van der Waals surface area (Å²) in [6.45, 7) is 1.71. The molecule has 0 saturated heterocycles. The summed E-state index contributed by atoms with van der Waals surface area (Å²) in [7, 11) is 0. The molecule has 2 aromatic carbocycles. The van der Waals surface area contributed by atoms with Crippen LogP contribution in [0, 0.1) is 12.7 Å². The minimum atomic E-state index is -0.700. The predicted octanol–water partition coefficient (Wildman–Crippen LogP) is 4.66. The summed E-state index contributed by atoms with van der Waals surface area (Å²) in [4.78, 5) is 32.8. The van der Waals surface area contributed by atoms with Gasteiger partial charge in [-0.15, -0.1) is 0 Å². The topological polar surface area (TPSA) is 114 Å². The fraction of sp³-hybridized carbons (Fsp3) is 0.0455. The van der Waals surface area contributed by atoms with Crippen molar-refractivity contribution in [1.82, 2.24) is 19.7 Å². The van der Waals surface area contributed by atoms with Crippen LogP contribution in [-0.2, 0) is 0 Å². The van der Waals surface area contributed by atoms with E-state index in [0.29, 0.717) is 33.6 Å². The number of rotatable bonds is 5. The zero-order chi connectivity index (χ0) is 23.4. The van der Waals surface area contributed by atoms with Gasteiger partial charge in [-0.3, -0.25) is 4.79 Å². The Morgan fingerprint density at radius 3 is 2.48 bits per heavy atom. The highest BCUT2D eigenvalue weighted by atomic mass is 35.5. The van der Waals surface area contributed by atoms with Crippen LogP contribution in [-0.4, -0.2) is 31.7 Å². The third-order valence-corrected chi connectivity index (χ3v) is 4.79. The average Bonchev–Trinajstić information content (AvgIpc) is 3.25. The lowest BCUT2D eigenvalue weighted by atomic mass is 10.1. The van der Waals surface area contributed by atoms with Gasteiger partial charge < -0.3 is 16.0 Å². The molecule has 0 aliphatic rings. The van der Waals surface area contributed by atoms with Crippen LogP contribution in [0.25, 0.3) is 5.69 Å². The Morgan fingerprint density at radius 2 is 1.73 bits per heavy atom. The zero-order valence-electron chi connectivity index (χ0n) is 17.2. The van der Waals surface area contributed by atoms with Gasteiger partial charge in [0.05, 0.1) is 58.1 Å². The Labute approximate surface area is 192 Å². The van der Waals surface area contributed by atoms with Gasteiger partial charge in [-0.2, -0.15) is 5.10 Å². The molecule has 0 aliphatic carbocycles. The quantitative estimate of drug-likeness (QED) is 0.396. The van der Waals surface area contributed by atoms with Crippen molar-refractivity contribution in [2.45, 2.75) is 6.92 Å². The molecule has 4 rings (SSSR count). The van der Waals surface area contributed by atoms with Crippen LogP contribution in [0.2, 0.25) is 5.02 Å². The maximum atomic E-state index is 14.3. The fourth-order valence-corrected chi connectivity index (χ4v) is 3.04. The Bertz CT molecular complexity index is 1320. The minimum Gasteiger partial charge on any atom is -0.319 e. The number of benzene rings is 2. The van der Waals surface area contributed by atoms with E-state index >= 15 is 0 Å². The van der Waals surface area contributed by atoms with Crippen molar-refractivity contribution in [3.05, 3.63) is 89.5 Å². The number of amides is 3. The van der Waals surface area contributed by atoms with Gasteiger partial charge >= 0.3 is 6.03 Å². The lowest BCUT2D eigenvalue weighted by Gasteiger charge is -2.08. The van der Waals surface area contributed by atoms with Crippen molar-refractivity contribution < 1.29 is 14.0 Å². The first-order valence-electron chi connectivity index (χ1n) is 9.66. The highest BCUT2D eigenvalue weighted by Crippen LogP contribution is 2.21. The molecule has 0 aliphatic heterocycles. The summed E-state index contributed by atoms with van der Waals surface area (Å²) in [5, 5.41) is 12.4. The highest BCUT2D eigenvalue weighted by Gasteiger charge is 2.15. The highest BCUT2D eigenvalue weighted by molar-refractivity contribution is 6.33. The van der Waals surface area contributed by atoms with Crippen LogP contribution >= 0.6 is 11.6 Å². The summed E-state index contributed by atoms with van der Waals surface area (Å²) in [6, 6.07) is 10.3. The van der Waals surface area contributed by atoms with E-state index in [-0.39, 0.29) is 5.56 Å². The number of urea groups is 1. The van der Waals surface area contributed by atoms with Crippen LogP contribution in [0.1, 0.15) is 16.2 Å². The number of hydrogen-bond donors (Lipinski definition) is 3. The lowest BCUT2D eigenvalue weighted by Crippen LogP contribution is -2.19. The number of nitrogens with zero attached hydrogens (tertiary/aromatic N) is 4. The standard InChI is InChI=1S/C22H17ClFN7O2/c1-13-25-9-14(10-26-13)28-21(32)17-8-16(6-7-19(17)24)31-12-15(11-27-31)29-22(33)30-20-5-3-2-4-18(20)23/h2-12H,1H3,(H,28,32)(H2,29,30,33). The van der Waals surface area contributed by atoms with Gasteiger partial charge in [0.25, 0.3) is 5.91 Å². The Balaban J connectivity index is 1.47. The molecule has 0 atom stereocenters. The zero-order valence-corrected chi connectivity index (χ0v) is 18.0. The number of para-hydroxylation sites is 1. The maximum absolute atomic E-state index is 14.3. The van der Waals surface area contributed by atoms with Gasteiger partial charge in [0.15, 0.2) is 0 Å². The van der Waals surface area contributed by atoms with Crippen molar-refractivity contribution in [2.24, 2.45) is 0 Å². The van der Waals surface area contributed by atoms with Crippen molar-refractivity contribution in [3.8, 4) is 5.69 Å². The smallest absolute Gasteiger partial charge is 0.319 e. The second-order valence-electron chi connectivity index (χ2n) is 6.87. The molecular formula is C22H17ClFN7O2. The number of nitrogens with one attached hydrogen (secondary N) is 3. The third kappa shape index (κ3) is 5.31. The van der Waals surface area contributed by atoms with Crippen LogP contribution in [0.4, 0.5) is 26.2 Å². The SMILES string of the molecule is Cc1ncc(NC(=O)c2cc(-n3cc(NC(=O)Nc4ccccc4Cl)cn3)ccc2F)cn1. The average molecular weight is 466 g/mol. The molecule has 9 nitrogen and oxygen atoms in total. The number of anilines is 3. The van der Waals surface area contributed by atoms with E-state index in [1.807, 2.05) is 0 Å². The third-order valence-electron chi connectivity index (χ3n) is 4.46. The van der Waals surface area contributed by atoms with E-state index in [1.54, 1.807) is 31.2 Å². The molecule has 0 fully saturated rings. The molecule has 11 heteroatoms. The number of carbonyl (C=O) groups excluding carboxylic acids is 2. The van der Waals surface area contributed by atoms with Crippen molar-refractivity contribution in [1.29, 1.82) is 0 Å². The van der Waals surface area contributed by atoms with Crippen LogP contribution in [0.3, 0.4) is 0 Å². The molecule has 0 bridgehead atoms. The van der Waals surface area contributed by atoms with Crippen molar-refractivity contribution in [3.63, 3.8) is 0 Å². The maximum Gasteiger partial charge on any atom is 0.323 e. The Morgan fingerprint density at radius 1 is 0.970 bits per heavy atom. The monoisotopic (exact) mass is 465 g/mol. The number of aryl methyl sites for hydroxylation is 1. The van der Waals surface area contributed by atoms with E-state index in [2.05, 4.69) is 31.0 Å². The molecule has 2 heterocycles. The van der Waals surface area contributed by atoms with E-state index in [1.165, 1.54) is 41.6 Å². The van der Waals surface area contributed by atoms with Gasteiger partial charge in [0, 0.05) is 0 Å². The van der Waals surface area contributed by atoms with Gasteiger partial charge in [-0.1, -0.05) is 23.7 Å². The number of aromatic nitrogens is 4. The molecule has 0 spiro atoms. The van der Waals surface area contributed by atoms with E-state index in [0.717, 1.165) is 6.07 Å². The van der Waals surface area contributed by atoms with Crippen LogP contribution in [0.5, 0.6) is 0 Å². The van der Waals surface area contributed by atoms with Gasteiger partial charge in [-0.25, -0.2) is 23.8 Å². The van der Waals surface area contributed by atoms with Gasteiger partial charge in [-0.05, 0) is 37.3 Å². The largest absolute Gasteiger partial charge is 0.323 e. The van der Waals surface area contributed by atoms with E-state index in [9.17, 15) is 14.0 Å². The Kier molecular flexibility index (Phi) is 6.27. The van der Waals surface area contributed by atoms with Crippen LogP contribution < -0.4 is 16.0 Å². The second-order valence-corrected chi connectivity index (χ2v) is 7.28. The minimum absolute atomic E-state index is 0.186. The van der Waals surface area contributed by atoms with Crippen molar-refractivity contribution in [2.75, 3.05) is 16.0 Å². The summed E-state index contributed by atoms with van der Waals surface area (Å²) in [6.07, 6.45) is 5.80. The van der Waals surface area contributed by atoms with Crippen LogP contribution in [0.15, 0.2) is 67.3 Å². The first-order chi connectivity index (χ1) is 15.9. The molecule has 3 N–H and O–H groups in total. The molecule has 4 aromatic rings. The fourth-order valence-electron chi connectivity index (χ4n) is 2.86. The normalized spacial score (nSPS) is 10.5. The molecule has 0 saturated carbocycles. The summed E-state index contributed by atoms with van der Waals surface area (Å²) < 4.78 is 15.7. The van der Waals surface area contributed by atoms with Gasteiger partial charge in [0.2, 0.25) is 0 Å². The first kappa shape index (κ1) is 21.9. The number of carbonyl (C=O) groups is 2. The summed E-state index contributed by atoms with van der Waals surface area (Å²) in [5.41, 5.74) is 1.41. The molecule has 2 aromatic heterocycles. The number of hydrogen-bond acceptors (Lipinski definition) is 5. The summed E-state index contributed by atoms with van der Waals surface area (Å²) in [5.74, 6) is -0.815. The first-order valence-corrected chi connectivity index (χ1v) is 10.0. The Hall–Kier alpha value is -4.31. The molecule has 166 valence electrons. The van der Waals surface area contributed by atoms with Crippen molar-refractivity contribution >= 4 is 40.6 Å². The second kappa shape index (κ2) is 9.45. The molecule has 0 unspecified atom stereocenters. The molecule has 0 radical (unpaired) electrons. The molecule has 3 amide bonds. The summed E-state index contributed by atoms with van der Waals surface area (Å²) >= 11 is 6.04. The van der Waals surface area contributed by atoms with Gasteiger partial charge in [0.1, 0.15) is 11.6 Å². The lowest BCUT2D eigenvalue weighted by molar-refractivity contribution is 0.102. The van der Waals surface area contributed by atoms with E-state index in [4.69, 9.17) is 11.6 Å². The molecule has 33 heavy (non-hydrogen) atoms. The molecular weight excluding hydrogens is 449 g/mol. The number of halogens is 2. The van der Waals surface area contributed by atoms with E-state index < -0.39 is 17.8 Å².